The maximum absolute atomic E-state index is 12.5. The van der Waals surface area contributed by atoms with Gasteiger partial charge in [-0.2, -0.15) is 0 Å². The molecule has 2 rings (SSSR count). The third kappa shape index (κ3) is 3.66. The Kier molecular flexibility index (Phi) is 5.29. The second-order valence-electron chi connectivity index (χ2n) is 6.62. The van der Waals surface area contributed by atoms with Gasteiger partial charge in [-0.25, -0.2) is 4.79 Å². The molecule has 1 amide bonds. The molecule has 5 heteroatoms. The van der Waals surface area contributed by atoms with Crippen molar-refractivity contribution in [3.8, 4) is 0 Å². The van der Waals surface area contributed by atoms with Crippen LogP contribution in [0.15, 0.2) is 30.3 Å². The summed E-state index contributed by atoms with van der Waals surface area (Å²) in [7, 11) is 0. The first-order chi connectivity index (χ1) is 10.9. The predicted molar refractivity (Wildman–Crippen MR) is 86.4 cm³/mol. The molecule has 0 aliphatic carbocycles. The summed E-state index contributed by atoms with van der Waals surface area (Å²) < 4.78 is 10.6. The highest BCUT2D eigenvalue weighted by atomic mass is 16.6. The van der Waals surface area contributed by atoms with E-state index in [1.807, 2.05) is 58.0 Å². The van der Waals surface area contributed by atoms with Crippen molar-refractivity contribution in [3.63, 3.8) is 0 Å². The molecule has 1 fully saturated rings. The van der Waals surface area contributed by atoms with Gasteiger partial charge in [0.15, 0.2) is 6.73 Å². The van der Waals surface area contributed by atoms with E-state index in [0.29, 0.717) is 0 Å². The van der Waals surface area contributed by atoms with Gasteiger partial charge in [-0.1, -0.05) is 50.6 Å². The Balaban J connectivity index is 2.11. The quantitative estimate of drug-likeness (QED) is 0.796. The number of amides is 1. The Morgan fingerprint density at radius 1 is 1.39 bits per heavy atom. The normalized spacial score (nSPS) is 21.5. The molecule has 0 bridgehead atoms. The molecule has 5 nitrogen and oxygen atoms in total. The zero-order chi connectivity index (χ0) is 17.0. The molecule has 1 saturated heterocycles. The molecule has 1 aliphatic heterocycles. The predicted octanol–water partition coefficient (Wildman–Crippen LogP) is 3.58. The van der Waals surface area contributed by atoms with Crippen molar-refractivity contribution in [1.29, 1.82) is 0 Å². The minimum atomic E-state index is -0.751. The number of hydrogen-bond acceptors (Lipinski definition) is 4. The maximum Gasteiger partial charge on any atom is 0.413 e. The van der Waals surface area contributed by atoms with Gasteiger partial charge in [0.1, 0.15) is 6.61 Å². The molecule has 1 heterocycles. The van der Waals surface area contributed by atoms with Crippen LogP contribution in [-0.2, 0) is 20.9 Å². The van der Waals surface area contributed by atoms with Crippen LogP contribution >= 0.6 is 0 Å². The van der Waals surface area contributed by atoms with Crippen molar-refractivity contribution >= 4 is 12.1 Å². The first-order valence-electron chi connectivity index (χ1n) is 8.02. The number of nitrogens with zero attached hydrogens (tertiary/aromatic N) is 1. The third-order valence-electron chi connectivity index (χ3n) is 4.56. The lowest BCUT2D eigenvalue weighted by molar-refractivity contribution is -0.180. The first kappa shape index (κ1) is 17.3. The molecule has 1 aromatic carbocycles. The molecule has 0 aromatic heterocycles. The Bertz CT molecular complexity index is 555. The molecule has 23 heavy (non-hydrogen) atoms. The number of carbonyl (C=O) groups excluding carboxylic acids is 2. The minimum absolute atomic E-state index is 0.0507. The molecule has 0 N–H and O–H groups in total. The van der Waals surface area contributed by atoms with Crippen LogP contribution in [0.5, 0.6) is 0 Å². The summed E-state index contributed by atoms with van der Waals surface area (Å²) in [4.78, 5) is 26.1. The average Bonchev–Trinajstić information content (AvgIpc) is 2.55. The SMILES string of the molecule is CCC(C)[C@@H]1N(C(=O)OCc2ccccc2)COC(=O)C1(C)C. The number of hydrogen-bond donors (Lipinski definition) is 0. The molecule has 1 aliphatic rings. The summed E-state index contributed by atoms with van der Waals surface area (Å²) in [6, 6.07) is 9.28. The van der Waals surface area contributed by atoms with E-state index in [2.05, 4.69) is 0 Å². The lowest BCUT2D eigenvalue weighted by Crippen LogP contribution is -2.60. The lowest BCUT2D eigenvalue weighted by atomic mass is 9.75. The van der Waals surface area contributed by atoms with Crippen LogP contribution in [0.2, 0.25) is 0 Å². The van der Waals surface area contributed by atoms with E-state index in [-0.39, 0.29) is 31.3 Å². The highest BCUT2D eigenvalue weighted by molar-refractivity contribution is 5.80. The van der Waals surface area contributed by atoms with Crippen molar-refractivity contribution in [2.45, 2.75) is 46.8 Å². The molecule has 2 atom stereocenters. The van der Waals surface area contributed by atoms with E-state index < -0.39 is 11.5 Å². The van der Waals surface area contributed by atoms with Gasteiger partial charge < -0.3 is 9.47 Å². The summed E-state index contributed by atoms with van der Waals surface area (Å²) in [5.41, 5.74) is 0.175. The lowest BCUT2D eigenvalue weighted by Gasteiger charge is -2.46. The van der Waals surface area contributed by atoms with Crippen LogP contribution < -0.4 is 0 Å². The van der Waals surface area contributed by atoms with Crippen LogP contribution in [0.25, 0.3) is 0 Å². The van der Waals surface area contributed by atoms with Gasteiger partial charge in [-0.05, 0) is 25.3 Å². The molecule has 126 valence electrons. The van der Waals surface area contributed by atoms with Gasteiger partial charge in [-0.3, -0.25) is 9.69 Å². The average molecular weight is 319 g/mol. The second-order valence-corrected chi connectivity index (χ2v) is 6.62. The molecular formula is C18H25NO4. The summed E-state index contributed by atoms with van der Waals surface area (Å²) in [5.74, 6) is -0.1000. The molecule has 0 radical (unpaired) electrons. The van der Waals surface area contributed by atoms with Crippen LogP contribution in [0, 0.1) is 11.3 Å². The van der Waals surface area contributed by atoms with Gasteiger partial charge in [0.25, 0.3) is 0 Å². The fourth-order valence-corrected chi connectivity index (χ4v) is 3.12. The van der Waals surface area contributed by atoms with Crippen LogP contribution in [0.1, 0.15) is 39.7 Å². The zero-order valence-electron chi connectivity index (χ0n) is 14.2. The molecule has 1 unspecified atom stereocenters. The smallest absolute Gasteiger partial charge is 0.413 e. The first-order valence-corrected chi connectivity index (χ1v) is 8.02. The third-order valence-corrected chi connectivity index (χ3v) is 4.56. The van der Waals surface area contributed by atoms with Crippen molar-refractivity contribution in [1.82, 2.24) is 4.90 Å². The van der Waals surface area contributed by atoms with Crippen molar-refractivity contribution in [3.05, 3.63) is 35.9 Å². The van der Waals surface area contributed by atoms with Gasteiger partial charge in [0.05, 0.1) is 11.5 Å². The standard InChI is InChI=1S/C18H25NO4/c1-5-13(2)15-18(3,4)16(20)23-12-19(15)17(21)22-11-14-9-7-6-8-10-14/h6-10,13,15H,5,11-12H2,1-4H3/t13?,15-/m0/s1. The fraction of sp³-hybridized carbons (Fsp3) is 0.556. The highest BCUT2D eigenvalue weighted by Crippen LogP contribution is 2.37. The summed E-state index contributed by atoms with van der Waals surface area (Å²) in [6.07, 6.45) is 0.420. The number of cyclic esters (lactones) is 1. The summed E-state index contributed by atoms with van der Waals surface area (Å²) in [6.45, 7) is 7.89. The van der Waals surface area contributed by atoms with Gasteiger partial charge in [0.2, 0.25) is 0 Å². The zero-order valence-corrected chi connectivity index (χ0v) is 14.2. The Labute approximate surface area is 137 Å². The molecule has 0 spiro atoms. The van der Waals surface area contributed by atoms with Crippen molar-refractivity contribution < 1.29 is 19.1 Å². The largest absolute Gasteiger partial charge is 0.444 e. The van der Waals surface area contributed by atoms with Crippen molar-refractivity contribution in [2.24, 2.45) is 11.3 Å². The van der Waals surface area contributed by atoms with Gasteiger partial charge >= 0.3 is 12.1 Å². The second kappa shape index (κ2) is 7.02. The summed E-state index contributed by atoms with van der Waals surface area (Å²) >= 11 is 0. The van der Waals surface area contributed by atoms with E-state index in [0.717, 1.165) is 12.0 Å². The number of esters is 1. The monoisotopic (exact) mass is 319 g/mol. The molecular weight excluding hydrogens is 294 g/mol. The van der Waals surface area contributed by atoms with E-state index in [4.69, 9.17) is 9.47 Å². The molecule has 1 aromatic rings. The maximum atomic E-state index is 12.5. The van der Waals surface area contributed by atoms with Gasteiger partial charge in [-0.15, -0.1) is 0 Å². The Morgan fingerprint density at radius 3 is 2.65 bits per heavy atom. The van der Waals surface area contributed by atoms with E-state index in [1.165, 1.54) is 0 Å². The van der Waals surface area contributed by atoms with E-state index in [9.17, 15) is 9.59 Å². The number of rotatable bonds is 4. The van der Waals surface area contributed by atoms with Crippen LogP contribution in [0.3, 0.4) is 0 Å². The fourth-order valence-electron chi connectivity index (χ4n) is 3.12. The van der Waals surface area contributed by atoms with Gasteiger partial charge in [0, 0.05) is 0 Å². The minimum Gasteiger partial charge on any atom is -0.444 e. The highest BCUT2D eigenvalue weighted by Gasteiger charge is 2.49. The number of carbonyl (C=O) groups is 2. The Morgan fingerprint density at radius 2 is 2.04 bits per heavy atom. The Hall–Kier alpha value is -2.04. The summed E-state index contributed by atoms with van der Waals surface area (Å²) in [5, 5.41) is 0. The van der Waals surface area contributed by atoms with Crippen molar-refractivity contribution in [2.75, 3.05) is 6.73 Å². The van der Waals surface area contributed by atoms with Crippen LogP contribution in [0.4, 0.5) is 4.79 Å². The van der Waals surface area contributed by atoms with E-state index in [1.54, 1.807) is 4.90 Å². The topological polar surface area (TPSA) is 55.8 Å². The number of benzene rings is 1. The van der Waals surface area contributed by atoms with E-state index >= 15 is 0 Å². The molecule has 0 saturated carbocycles. The van der Waals surface area contributed by atoms with Crippen LogP contribution in [-0.4, -0.2) is 29.7 Å². The number of ether oxygens (including phenoxy) is 2.